The Morgan fingerprint density at radius 1 is 0.600 bits per heavy atom. The van der Waals surface area contributed by atoms with Gasteiger partial charge in [-0.25, -0.2) is 9.97 Å². The summed E-state index contributed by atoms with van der Waals surface area (Å²) < 4.78 is 10.9. The molecule has 302 valence electrons. The number of rotatable bonds is 8. The van der Waals surface area contributed by atoms with Gasteiger partial charge in [0.1, 0.15) is 45.3 Å². The van der Waals surface area contributed by atoms with Gasteiger partial charge in [0.15, 0.2) is 0 Å². The number of halogens is 2. The largest absolute Gasteiger partial charge is 0.496 e. The van der Waals surface area contributed by atoms with Crippen LogP contribution in [0.4, 0.5) is 11.4 Å². The number of nitrogens with one attached hydrogen (secondary N) is 2. The minimum absolute atomic E-state index is 0.159. The van der Waals surface area contributed by atoms with E-state index >= 15 is 0 Å². The number of fused-ring (bicyclic) bond motifs is 2. The Morgan fingerprint density at radius 2 is 1.00 bits per heavy atom. The third-order valence-electron chi connectivity index (χ3n) is 10.7. The van der Waals surface area contributed by atoms with E-state index in [2.05, 4.69) is 32.4 Å². The molecule has 2 aromatic heterocycles. The highest BCUT2D eigenvalue weighted by Gasteiger charge is 2.37. The maximum atomic E-state index is 13.8. The Bertz CT molecular complexity index is 2550. The minimum Gasteiger partial charge on any atom is -0.496 e. The maximum Gasteiger partial charge on any atom is 0.273 e. The number of anilines is 2. The number of carbonyl (C=O) groups excluding carboxylic acids is 4. The molecule has 0 radical (unpaired) electrons. The van der Waals surface area contributed by atoms with Crippen LogP contribution >= 0.6 is 23.2 Å². The lowest BCUT2D eigenvalue weighted by Gasteiger charge is -2.24. The fraction of sp³-hybridized carbons (Fsp3) is 0.217. The van der Waals surface area contributed by atoms with Gasteiger partial charge in [0.2, 0.25) is 11.8 Å². The van der Waals surface area contributed by atoms with Gasteiger partial charge in [0.25, 0.3) is 11.8 Å². The van der Waals surface area contributed by atoms with Crippen LogP contribution in [-0.2, 0) is 9.59 Å². The summed E-state index contributed by atoms with van der Waals surface area (Å²) in [6.45, 7) is 0.825. The van der Waals surface area contributed by atoms with Crippen molar-refractivity contribution in [2.45, 2.75) is 37.8 Å². The summed E-state index contributed by atoms with van der Waals surface area (Å²) >= 11 is 12.6. The fourth-order valence-electron chi connectivity index (χ4n) is 7.82. The van der Waals surface area contributed by atoms with Gasteiger partial charge in [-0.15, -0.1) is 0 Å². The van der Waals surface area contributed by atoms with Crippen molar-refractivity contribution in [1.29, 1.82) is 0 Å². The van der Waals surface area contributed by atoms with Crippen LogP contribution in [0.2, 0.25) is 10.3 Å². The zero-order valence-corrected chi connectivity index (χ0v) is 34.1. The number of likely N-dealkylation sites (tertiary alicyclic amines) is 2. The highest BCUT2D eigenvalue weighted by Crippen LogP contribution is 2.33. The second kappa shape index (κ2) is 17.3. The number of carbonyl (C=O) groups is 4. The highest BCUT2D eigenvalue weighted by atomic mass is 35.5. The summed E-state index contributed by atoms with van der Waals surface area (Å²) in [4.78, 5) is 66.4. The average molecular weight is 842 g/mol. The van der Waals surface area contributed by atoms with Crippen molar-refractivity contribution in [2.75, 3.05) is 37.9 Å². The topological polar surface area (TPSA) is 143 Å². The van der Waals surface area contributed by atoms with Crippen LogP contribution in [0.5, 0.6) is 11.5 Å². The third-order valence-corrected chi connectivity index (χ3v) is 11.1. The molecule has 2 fully saturated rings. The molecule has 6 aromatic rings. The smallest absolute Gasteiger partial charge is 0.273 e. The van der Waals surface area contributed by atoms with Gasteiger partial charge < -0.3 is 29.9 Å². The number of ether oxygens (including phenoxy) is 2. The van der Waals surface area contributed by atoms with Gasteiger partial charge in [-0.3, -0.25) is 19.2 Å². The molecular weight excluding hydrogens is 803 g/mol. The monoisotopic (exact) mass is 840 g/mol. The standard InChI is InChI=1S/C46H38Cl2N6O6/c1-59-37-11-3-7-31-33(37)25-39(47)51-41(31)45(57)53-23-5-9-35(53)43(55)49-29-19-15-27(16-20-29)13-14-28-17-21-30(22-18-28)50-44(56)36-10-6-24-54(36)46(58)42-32-8-4-12-38(60-2)34(32)26-40(48)52-42/h3-4,7-8,11-12,15-22,25-26,35-36H,5-6,9-10,23-24H2,1-2H3,(H,49,55)(H,50,56)/t35-,36-/m0/s1. The van der Waals surface area contributed by atoms with Crippen LogP contribution < -0.4 is 20.1 Å². The van der Waals surface area contributed by atoms with Crippen LogP contribution in [0.3, 0.4) is 0 Å². The molecule has 0 spiro atoms. The number of hydrogen-bond acceptors (Lipinski definition) is 8. The van der Waals surface area contributed by atoms with E-state index in [1.807, 2.05) is 0 Å². The number of nitrogens with zero attached hydrogens (tertiary/aromatic N) is 4. The maximum absolute atomic E-state index is 13.8. The Kier molecular flexibility index (Phi) is 11.5. The second-order valence-electron chi connectivity index (χ2n) is 14.4. The zero-order chi connectivity index (χ0) is 41.9. The number of methoxy groups -OCH3 is 2. The molecule has 4 amide bonds. The molecule has 8 rings (SSSR count). The molecule has 2 N–H and O–H groups in total. The van der Waals surface area contributed by atoms with Crippen LogP contribution in [0, 0.1) is 11.8 Å². The summed E-state index contributed by atoms with van der Waals surface area (Å²) in [7, 11) is 3.10. The van der Waals surface area contributed by atoms with E-state index in [4.69, 9.17) is 32.7 Å². The molecule has 2 aliphatic heterocycles. The summed E-state index contributed by atoms with van der Waals surface area (Å²) in [6.07, 6.45) is 2.37. The first-order valence-corrected chi connectivity index (χ1v) is 20.1. The SMILES string of the molecule is COc1cccc2c(C(=O)N3CCC[C@H]3C(=O)Nc3ccc(C#Cc4ccc(NC(=O)[C@@H]5CCCN5C(=O)c5nc(Cl)cc6c(OC)cccc56)cc4)cc3)nc(Cl)cc12. The number of aromatic nitrogens is 2. The molecule has 12 nitrogen and oxygen atoms in total. The lowest BCUT2D eigenvalue weighted by molar-refractivity contribution is -0.120. The average Bonchev–Trinajstić information content (AvgIpc) is 3.97. The molecular formula is C46H38Cl2N6O6. The molecule has 60 heavy (non-hydrogen) atoms. The van der Waals surface area contributed by atoms with E-state index in [9.17, 15) is 19.2 Å². The molecule has 2 aliphatic rings. The molecule has 14 heteroatoms. The van der Waals surface area contributed by atoms with Gasteiger partial charge >= 0.3 is 0 Å². The predicted molar refractivity (Wildman–Crippen MR) is 231 cm³/mol. The molecule has 4 aromatic carbocycles. The Hall–Kier alpha value is -6.68. The molecule has 0 unspecified atom stereocenters. The number of hydrogen-bond donors (Lipinski definition) is 2. The van der Waals surface area contributed by atoms with E-state index in [0.29, 0.717) is 83.2 Å². The second-order valence-corrected chi connectivity index (χ2v) is 15.2. The number of amides is 4. The number of benzene rings is 4. The van der Waals surface area contributed by atoms with E-state index in [0.717, 1.165) is 11.1 Å². The van der Waals surface area contributed by atoms with Crippen molar-refractivity contribution < 1.29 is 28.7 Å². The Labute approximate surface area is 355 Å². The van der Waals surface area contributed by atoms with Gasteiger partial charge in [0.05, 0.1) is 14.2 Å². The Balaban J connectivity index is 0.880. The van der Waals surface area contributed by atoms with Gasteiger partial charge in [-0.2, -0.15) is 0 Å². The molecule has 0 saturated carbocycles. The van der Waals surface area contributed by atoms with Crippen molar-refractivity contribution in [1.82, 2.24) is 19.8 Å². The van der Waals surface area contributed by atoms with Crippen molar-refractivity contribution in [3.8, 4) is 23.3 Å². The first-order valence-electron chi connectivity index (χ1n) is 19.3. The fourth-order valence-corrected chi connectivity index (χ4v) is 8.21. The van der Waals surface area contributed by atoms with E-state index in [-0.39, 0.29) is 45.3 Å². The molecule has 0 bridgehead atoms. The van der Waals surface area contributed by atoms with E-state index in [1.165, 1.54) is 0 Å². The van der Waals surface area contributed by atoms with Crippen LogP contribution in [0.25, 0.3) is 21.5 Å². The molecule has 2 atom stereocenters. The van der Waals surface area contributed by atoms with Gasteiger partial charge in [-0.05, 0) is 98.5 Å². The lowest BCUT2D eigenvalue weighted by Crippen LogP contribution is -2.43. The van der Waals surface area contributed by atoms with Crippen molar-refractivity contribution in [3.63, 3.8) is 0 Å². The van der Waals surface area contributed by atoms with Crippen LogP contribution in [0.15, 0.2) is 97.1 Å². The first-order chi connectivity index (χ1) is 29.1. The van der Waals surface area contributed by atoms with Gasteiger partial charge in [0, 0.05) is 57.1 Å². The van der Waals surface area contributed by atoms with E-state index < -0.39 is 12.1 Å². The van der Waals surface area contributed by atoms with Crippen LogP contribution in [0.1, 0.15) is 57.8 Å². The normalized spacial score (nSPS) is 16.0. The third kappa shape index (κ3) is 8.14. The first kappa shape index (κ1) is 40.1. The lowest BCUT2D eigenvalue weighted by atomic mass is 10.1. The molecule has 2 saturated heterocycles. The predicted octanol–water partition coefficient (Wildman–Crippen LogP) is 7.99. The van der Waals surface area contributed by atoms with Crippen LogP contribution in [-0.4, -0.2) is 82.8 Å². The zero-order valence-electron chi connectivity index (χ0n) is 32.6. The molecule has 0 aliphatic carbocycles. The molecule has 4 heterocycles. The summed E-state index contributed by atoms with van der Waals surface area (Å²) in [6, 6.07) is 26.9. The highest BCUT2D eigenvalue weighted by molar-refractivity contribution is 6.31. The quantitative estimate of drug-likeness (QED) is 0.116. The minimum atomic E-state index is -0.678. The number of pyridine rings is 2. The van der Waals surface area contributed by atoms with Crippen molar-refractivity contribution >= 4 is 79.8 Å². The van der Waals surface area contributed by atoms with E-state index in [1.54, 1.807) is 121 Å². The summed E-state index contributed by atoms with van der Waals surface area (Å²) in [5, 5.41) is 8.73. The Morgan fingerprint density at radius 3 is 1.38 bits per heavy atom. The van der Waals surface area contributed by atoms with Crippen molar-refractivity contribution in [2.24, 2.45) is 0 Å². The summed E-state index contributed by atoms with van der Waals surface area (Å²) in [5.74, 6) is 6.07. The van der Waals surface area contributed by atoms with Crippen molar-refractivity contribution in [3.05, 3.63) is 130 Å². The summed E-state index contributed by atoms with van der Waals surface area (Å²) in [5.41, 5.74) is 2.94. The van der Waals surface area contributed by atoms with Gasteiger partial charge in [-0.1, -0.05) is 59.3 Å².